The van der Waals surface area contributed by atoms with Crippen LogP contribution in [0, 0.1) is 0 Å². The molecule has 6 nitrogen and oxygen atoms in total. The number of nitrogens with one attached hydrogen (secondary N) is 1. The molecule has 0 spiro atoms. The molecule has 1 N–H and O–H groups in total. The van der Waals surface area contributed by atoms with Gasteiger partial charge in [0.2, 0.25) is 5.28 Å². The second-order valence-electron chi connectivity index (χ2n) is 3.74. The van der Waals surface area contributed by atoms with Gasteiger partial charge in [-0.15, -0.1) is 0 Å². The average molecular weight is 413 g/mol. The highest BCUT2D eigenvalue weighted by Crippen LogP contribution is 2.36. The summed E-state index contributed by atoms with van der Waals surface area (Å²) in [6, 6.07) is 4.17. The molecule has 0 aliphatic carbocycles. The molecule has 10 heteroatoms. The first kappa shape index (κ1) is 16.3. The van der Waals surface area contributed by atoms with E-state index < -0.39 is 10.0 Å². The highest BCUT2D eigenvalue weighted by molar-refractivity contribution is 9.10. The molecule has 0 saturated carbocycles. The molecule has 0 fully saturated rings. The molecule has 1 heterocycles. The number of hydrogen-bond acceptors (Lipinski definition) is 5. The van der Waals surface area contributed by atoms with Crippen molar-refractivity contribution in [1.82, 2.24) is 9.97 Å². The van der Waals surface area contributed by atoms with E-state index >= 15 is 0 Å². The summed E-state index contributed by atoms with van der Waals surface area (Å²) in [5.41, 5.74) is 0. The van der Waals surface area contributed by atoms with Gasteiger partial charge < -0.3 is 4.74 Å². The van der Waals surface area contributed by atoms with Crippen molar-refractivity contribution in [3.8, 4) is 5.75 Å². The third-order valence-corrected chi connectivity index (χ3v) is 4.68. The lowest BCUT2D eigenvalue weighted by atomic mass is 10.3. The maximum atomic E-state index is 12.4. The van der Waals surface area contributed by atoms with E-state index in [1.165, 1.54) is 31.5 Å². The van der Waals surface area contributed by atoms with E-state index in [0.717, 1.165) is 0 Å². The predicted octanol–water partition coefficient (Wildman–Crippen LogP) is 3.36. The number of sulfonamides is 1. The molecule has 2 aromatic rings. The maximum Gasteiger partial charge on any atom is 0.266 e. The van der Waals surface area contributed by atoms with Crippen molar-refractivity contribution < 1.29 is 13.2 Å². The number of nitrogens with zero attached hydrogens (tertiary/aromatic N) is 2. The summed E-state index contributed by atoms with van der Waals surface area (Å²) >= 11 is 14.7. The number of halogens is 3. The Kier molecular flexibility index (Phi) is 4.92. The number of anilines is 1. The van der Waals surface area contributed by atoms with E-state index in [4.69, 9.17) is 27.9 Å². The van der Waals surface area contributed by atoms with E-state index in [1.54, 1.807) is 0 Å². The molecule has 0 atom stereocenters. The van der Waals surface area contributed by atoms with Crippen molar-refractivity contribution in [2.24, 2.45) is 0 Å². The van der Waals surface area contributed by atoms with E-state index in [-0.39, 0.29) is 26.8 Å². The summed E-state index contributed by atoms with van der Waals surface area (Å²) < 4.78 is 32.6. The summed E-state index contributed by atoms with van der Waals surface area (Å²) in [6.45, 7) is 0. The first-order chi connectivity index (χ1) is 9.83. The Balaban J connectivity index is 2.49. The highest BCUT2D eigenvalue weighted by atomic mass is 79.9. The van der Waals surface area contributed by atoms with Gasteiger partial charge in [0.1, 0.15) is 10.7 Å². The SMILES string of the molecule is COc1c(Br)cc(Cl)cc1S(=O)(=O)Nc1ccnc(Cl)n1. The van der Waals surface area contributed by atoms with Crippen molar-refractivity contribution >= 4 is 55.0 Å². The Labute approximate surface area is 139 Å². The van der Waals surface area contributed by atoms with E-state index in [0.29, 0.717) is 4.47 Å². The van der Waals surface area contributed by atoms with Gasteiger partial charge in [-0.2, -0.15) is 4.98 Å². The van der Waals surface area contributed by atoms with Crippen LogP contribution in [0.25, 0.3) is 0 Å². The monoisotopic (exact) mass is 411 g/mol. The maximum absolute atomic E-state index is 12.4. The standard InChI is InChI=1S/C11H8BrCl2N3O3S/c1-20-10-7(12)4-6(13)5-8(10)21(18,19)17-9-2-3-15-11(14)16-9/h2-5H,1H3,(H,15,16,17). The fraction of sp³-hybridized carbons (Fsp3) is 0.0909. The Bertz CT molecular complexity index is 786. The zero-order valence-electron chi connectivity index (χ0n) is 10.5. The van der Waals surface area contributed by atoms with Gasteiger partial charge in [-0.3, -0.25) is 4.72 Å². The summed E-state index contributed by atoms with van der Waals surface area (Å²) in [4.78, 5) is 7.31. The van der Waals surface area contributed by atoms with E-state index in [2.05, 4.69) is 30.6 Å². The van der Waals surface area contributed by atoms with Crippen LogP contribution in [0.5, 0.6) is 5.75 Å². The first-order valence-corrected chi connectivity index (χ1v) is 8.41. The second kappa shape index (κ2) is 6.35. The van der Waals surface area contributed by atoms with Crippen LogP contribution in [0.3, 0.4) is 0 Å². The van der Waals surface area contributed by atoms with E-state index in [9.17, 15) is 8.42 Å². The molecule has 0 bridgehead atoms. The van der Waals surface area contributed by atoms with Gasteiger partial charge in [-0.25, -0.2) is 13.4 Å². The fourth-order valence-electron chi connectivity index (χ4n) is 1.52. The van der Waals surface area contributed by atoms with Crippen LogP contribution < -0.4 is 9.46 Å². The van der Waals surface area contributed by atoms with Crippen LogP contribution in [-0.4, -0.2) is 25.5 Å². The minimum Gasteiger partial charge on any atom is -0.494 e. The molecule has 0 aliphatic rings. The Hall–Kier alpha value is -1.09. The molecule has 112 valence electrons. The van der Waals surface area contributed by atoms with Gasteiger partial charge in [0.15, 0.2) is 5.75 Å². The van der Waals surface area contributed by atoms with Gasteiger partial charge in [-0.05, 0) is 45.7 Å². The smallest absolute Gasteiger partial charge is 0.266 e. The van der Waals surface area contributed by atoms with Crippen molar-refractivity contribution in [1.29, 1.82) is 0 Å². The minimum atomic E-state index is -3.96. The molecule has 0 aliphatic heterocycles. The molecule has 21 heavy (non-hydrogen) atoms. The molecular weight excluding hydrogens is 405 g/mol. The number of hydrogen-bond donors (Lipinski definition) is 1. The molecule has 0 unspecified atom stereocenters. The van der Waals surface area contributed by atoms with Crippen molar-refractivity contribution in [2.45, 2.75) is 4.90 Å². The zero-order valence-corrected chi connectivity index (χ0v) is 14.4. The topological polar surface area (TPSA) is 81.2 Å². The van der Waals surface area contributed by atoms with E-state index in [1.807, 2.05) is 0 Å². The number of benzene rings is 1. The lowest BCUT2D eigenvalue weighted by Crippen LogP contribution is -2.15. The van der Waals surface area contributed by atoms with Crippen LogP contribution in [0.2, 0.25) is 10.3 Å². The number of rotatable bonds is 4. The number of aromatic nitrogens is 2. The second-order valence-corrected chi connectivity index (χ2v) is 7.02. The summed E-state index contributed by atoms with van der Waals surface area (Å²) in [7, 11) is -2.60. The lowest BCUT2D eigenvalue weighted by molar-refractivity contribution is 0.400. The van der Waals surface area contributed by atoms with Crippen molar-refractivity contribution in [3.63, 3.8) is 0 Å². The lowest BCUT2D eigenvalue weighted by Gasteiger charge is -2.13. The van der Waals surface area contributed by atoms with Gasteiger partial charge >= 0.3 is 0 Å². The Morgan fingerprint density at radius 2 is 2.05 bits per heavy atom. The fourth-order valence-corrected chi connectivity index (χ4v) is 4.05. The third-order valence-electron chi connectivity index (χ3n) is 2.33. The molecule has 0 radical (unpaired) electrons. The van der Waals surface area contributed by atoms with Crippen LogP contribution in [-0.2, 0) is 10.0 Å². The van der Waals surface area contributed by atoms with Gasteiger partial charge in [0.05, 0.1) is 11.6 Å². The highest BCUT2D eigenvalue weighted by Gasteiger charge is 2.23. The molecule has 1 aromatic heterocycles. The quantitative estimate of drug-likeness (QED) is 0.778. The average Bonchev–Trinajstić information content (AvgIpc) is 2.37. The molecule has 1 aromatic carbocycles. The van der Waals surface area contributed by atoms with Crippen molar-refractivity contribution in [3.05, 3.63) is 39.2 Å². The Morgan fingerprint density at radius 3 is 2.67 bits per heavy atom. The summed E-state index contributed by atoms with van der Waals surface area (Å²) in [6.07, 6.45) is 1.33. The van der Waals surface area contributed by atoms with Crippen LogP contribution >= 0.6 is 39.1 Å². The summed E-state index contributed by atoms with van der Waals surface area (Å²) in [5, 5.41) is 0.165. The minimum absolute atomic E-state index is 0.0353. The van der Waals surface area contributed by atoms with Gasteiger partial charge in [0.25, 0.3) is 10.0 Å². The predicted molar refractivity (Wildman–Crippen MR) is 83.6 cm³/mol. The first-order valence-electron chi connectivity index (χ1n) is 5.38. The normalized spacial score (nSPS) is 11.2. The molecule has 2 rings (SSSR count). The van der Waals surface area contributed by atoms with Gasteiger partial charge in [0, 0.05) is 11.2 Å². The van der Waals surface area contributed by atoms with Crippen LogP contribution in [0.1, 0.15) is 0 Å². The number of ether oxygens (including phenoxy) is 1. The van der Waals surface area contributed by atoms with Crippen LogP contribution in [0.15, 0.2) is 33.8 Å². The van der Waals surface area contributed by atoms with Crippen molar-refractivity contribution in [2.75, 3.05) is 11.8 Å². The molecule has 0 amide bonds. The van der Waals surface area contributed by atoms with Gasteiger partial charge in [-0.1, -0.05) is 11.6 Å². The third kappa shape index (κ3) is 3.76. The molecule has 0 saturated heterocycles. The van der Waals surface area contributed by atoms with Crippen LogP contribution in [0.4, 0.5) is 5.82 Å². The molecular formula is C11H8BrCl2N3O3S. The zero-order chi connectivity index (χ0) is 15.6. The number of methoxy groups -OCH3 is 1. The Morgan fingerprint density at radius 1 is 1.33 bits per heavy atom. The summed E-state index contributed by atoms with van der Waals surface area (Å²) in [5.74, 6) is 0.167. The largest absolute Gasteiger partial charge is 0.494 e.